The van der Waals surface area contributed by atoms with Crippen molar-refractivity contribution in [2.45, 2.75) is 25.1 Å². The molecule has 0 radical (unpaired) electrons. The van der Waals surface area contributed by atoms with Gasteiger partial charge in [-0.3, -0.25) is 24.0 Å². The number of hydroxylamine groups is 4. The van der Waals surface area contributed by atoms with E-state index in [9.17, 15) is 40.8 Å². The van der Waals surface area contributed by atoms with Gasteiger partial charge in [-0.15, -0.1) is 14.4 Å². The van der Waals surface area contributed by atoms with E-state index in [2.05, 4.69) is 4.28 Å². The predicted octanol–water partition coefficient (Wildman–Crippen LogP) is 6.83. The summed E-state index contributed by atoms with van der Waals surface area (Å²) in [5.74, 6) is -3.83. The van der Waals surface area contributed by atoms with Gasteiger partial charge in [-0.25, -0.2) is 0 Å². The van der Waals surface area contributed by atoms with Crippen molar-refractivity contribution in [1.82, 2.24) is 10.1 Å². The SMILES string of the molecule is CON1C(=O)c2cccc3c(Sc4cccc(Sc5ccc6c7c(cccc57)C(=O)N(OS(=O)(=O)C(F)(F)F)C6=O)c4)ccc(c23)C1=O. The van der Waals surface area contributed by atoms with E-state index < -0.39 is 44.3 Å². The van der Waals surface area contributed by atoms with Crippen LogP contribution in [0, 0.1) is 0 Å². The van der Waals surface area contributed by atoms with Crippen molar-refractivity contribution in [1.29, 1.82) is 0 Å². The Morgan fingerprint density at radius 3 is 1.46 bits per heavy atom. The van der Waals surface area contributed by atoms with Gasteiger partial charge < -0.3 is 0 Å². The fourth-order valence-corrected chi connectivity index (χ4v) is 8.00. The molecule has 0 aromatic heterocycles. The summed E-state index contributed by atoms with van der Waals surface area (Å²) in [6, 6.07) is 23.3. The Kier molecular flexibility index (Phi) is 7.60. The second-order valence-corrected chi connectivity index (χ2v) is 14.1. The largest absolute Gasteiger partial charge is 0.525 e. The van der Waals surface area contributed by atoms with Crippen LogP contribution >= 0.6 is 23.5 Å². The summed E-state index contributed by atoms with van der Waals surface area (Å²) < 4.78 is 66.0. The van der Waals surface area contributed by atoms with E-state index in [-0.39, 0.29) is 16.5 Å². The fourth-order valence-electron chi connectivity index (χ4n) is 5.50. The average molecular weight is 711 g/mol. The zero-order chi connectivity index (χ0) is 34.1. The maximum atomic E-state index is 13.0. The molecule has 0 bridgehead atoms. The Morgan fingerprint density at radius 2 is 1.02 bits per heavy atom. The molecule has 48 heavy (non-hydrogen) atoms. The summed E-state index contributed by atoms with van der Waals surface area (Å²) in [6.07, 6.45) is 0. The van der Waals surface area contributed by atoms with Crippen LogP contribution in [0.15, 0.2) is 105 Å². The van der Waals surface area contributed by atoms with Crippen LogP contribution in [-0.4, -0.2) is 54.8 Å². The maximum Gasteiger partial charge on any atom is 0.525 e. The number of benzene rings is 5. The first-order chi connectivity index (χ1) is 22.8. The maximum absolute atomic E-state index is 13.0. The third kappa shape index (κ3) is 5.03. The summed E-state index contributed by atoms with van der Waals surface area (Å²) in [7, 11) is -5.04. The lowest BCUT2D eigenvalue weighted by Crippen LogP contribution is -2.44. The van der Waals surface area contributed by atoms with Crippen molar-refractivity contribution >= 4 is 78.8 Å². The van der Waals surface area contributed by atoms with E-state index in [1.54, 1.807) is 36.4 Å². The predicted molar refractivity (Wildman–Crippen MR) is 167 cm³/mol. The topological polar surface area (TPSA) is 127 Å². The van der Waals surface area contributed by atoms with Crippen LogP contribution in [0.4, 0.5) is 13.2 Å². The van der Waals surface area contributed by atoms with Crippen molar-refractivity contribution in [3.05, 3.63) is 107 Å². The van der Waals surface area contributed by atoms with Crippen molar-refractivity contribution in [3.8, 4) is 0 Å². The third-order valence-electron chi connectivity index (χ3n) is 7.56. The summed E-state index contributed by atoms with van der Waals surface area (Å²) in [4.78, 5) is 59.8. The Hall–Kier alpha value is -4.74. The van der Waals surface area contributed by atoms with Crippen LogP contribution in [0.25, 0.3) is 21.5 Å². The second kappa shape index (κ2) is 11.5. The molecule has 0 N–H and O–H groups in total. The highest BCUT2D eigenvalue weighted by Crippen LogP contribution is 2.43. The first kappa shape index (κ1) is 31.8. The van der Waals surface area contributed by atoms with Crippen molar-refractivity contribution in [3.63, 3.8) is 0 Å². The standard InChI is InChI=1S/C32H17F3N2O8S3/c1-44-36-28(38)20-9-3-7-18-24(13-11-22(26(18)20)29(36)39)46-16-5-2-6-17(15-16)47-25-14-12-23-27-19(25)8-4-10-21(27)30(40)37(31(23)41)45-48(42,43)32(33,34)35/h2-15H,1H3. The molecule has 242 valence electrons. The molecule has 0 spiro atoms. The van der Waals surface area contributed by atoms with Gasteiger partial charge in [0, 0.05) is 30.4 Å². The molecule has 5 aromatic rings. The van der Waals surface area contributed by atoms with Gasteiger partial charge in [0.05, 0.1) is 29.4 Å². The minimum atomic E-state index is -6.29. The van der Waals surface area contributed by atoms with E-state index in [1.807, 2.05) is 30.3 Å². The van der Waals surface area contributed by atoms with Crippen LogP contribution in [-0.2, 0) is 19.2 Å². The Morgan fingerprint density at radius 1 is 0.604 bits per heavy atom. The van der Waals surface area contributed by atoms with Crippen molar-refractivity contribution in [2.75, 3.05) is 7.11 Å². The number of hydrogen-bond donors (Lipinski definition) is 0. The summed E-state index contributed by atoms with van der Waals surface area (Å²) in [5, 5.41) is 2.16. The summed E-state index contributed by atoms with van der Waals surface area (Å²) in [6.45, 7) is 0. The molecule has 16 heteroatoms. The van der Waals surface area contributed by atoms with Gasteiger partial charge >= 0.3 is 15.6 Å². The van der Waals surface area contributed by atoms with Crippen molar-refractivity contribution in [2.24, 2.45) is 0 Å². The van der Waals surface area contributed by atoms with Crippen LogP contribution in [0.1, 0.15) is 41.4 Å². The molecule has 5 aromatic carbocycles. The number of carbonyl (C=O) groups is 4. The van der Waals surface area contributed by atoms with E-state index >= 15 is 0 Å². The van der Waals surface area contributed by atoms with Crippen LogP contribution in [0.2, 0.25) is 0 Å². The monoisotopic (exact) mass is 710 g/mol. The van der Waals surface area contributed by atoms with E-state index in [4.69, 9.17) is 4.84 Å². The molecule has 2 heterocycles. The fraction of sp³-hybridized carbons (Fsp3) is 0.0625. The molecule has 4 amide bonds. The van der Waals surface area contributed by atoms with Crippen LogP contribution in [0.5, 0.6) is 0 Å². The molecular weight excluding hydrogens is 694 g/mol. The highest BCUT2D eigenvalue weighted by Gasteiger charge is 2.51. The molecule has 0 atom stereocenters. The van der Waals surface area contributed by atoms with Gasteiger partial charge in [-0.1, -0.05) is 53.9 Å². The quantitative estimate of drug-likeness (QED) is 0.131. The molecule has 0 saturated heterocycles. The van der Waals surface area contributed by atoms with Crippen molar-refractivity contribution < 1.29 is 49.9 Å². The first-order valence-electron chi connectivity index (χ1n) is 13.7. The zero-order valence-corrected chi connectivity index (χ0v) is 26.6. The first-order valence-corrected chi connectivity index (χ1v) is 16.7. The lowest BCUT2D eigenvalue weighted by atomic mass is 9.95. The number of carbonyl (C=O) groups excluding carboxylic acids is 4. The molecule has 0 saturated carbocycles. The summed E-state index contributed by atoms with van der Waals surface area (Å²) >= 11 is 2.71. The number of imide groups is 2. The molecular formula is C32H17F3N2O8S3. The molecule has 0 unspecified atom stereocenters. The number of alkyl halides is 3. The van der Waals surface area contributed by atoms with Gasteiger partial charge in [0.1, 0.15) is 0 Å². The lowest BCUT2D eigenvalue weighted by molar-refractivity contribution is -0.0761. The van der Waals surface area contributed by atoms with Gasteiger partial charge in [-0.05, 0) is 65.4 Å². The van der Waals surface area contributed by atoms with E-state index in [0.717, 1.165) is 19.7 Å². The third-order valence-corrected chi connectivity index (χ3v) is 10.6. The Balaban J connectivity index is 1.20. The molecule has 2 aliphatic heterocycles. The number of halogens is 3. The lowest BCUT2D eigenvalue weighted by Gasteiger charge is -2.26. The highest BCUT2D eigenvalue weighted by molar-refractivity contribution is 8.00. The molecule has 10 nitrogen and oxygen atoms in total. The zero-order valence-electron chi connectivity index (χ0n) is 24.1. The minimum absolute atomic E-state index is 0.146. The van der Waals surface area contributed by atoms with Gasteiger partial charge in [0.2, 0.25) is 0 Å². The molecule has 0 fully saturated rings. The molecule has 0 aliphatic carbocycles. The van der Waals surface area contributed by atoms with Gasteiger partial charge in [-0.2, -0.15) is 21.6 Å². The normalized spacial score (nSPS) is 14.8. The highest BCUT2D eigenvalue weighted by atomic mass is 32.2. The van der Waals surface area contributed by atoms with Gasteiger partial charge in [0.25, 0.3) is 23.6 Å². The van der Waals surface area contributed by atoms with E-state index in [1.165, 1.54) is 48.8 Å². The van der Waals surface area contributed by atoms with Gasteiger partial charge in [0.15, 0.2) is 0 Å². The number of nitrogens with zero attached hydrogens (tertiary/aromatic N) is 2. The Bertz CT molecular complexity index is 2340. The second-order valence-electron chi connectivity index (χ2n) is 10.3. The number of rotatable bonds is 7. The number of hydrogen-bond acceptors (Lipinski definition) is 10. The minimum Gasteiger partial charge on any atom is -0.266 e. The average Bonchev–Trinajstić information content (AvgIpc) is 3.05. The smallest absolute Gasteiger partial charge is 0.266 e. The molecule has 2 aliphatic rings. The van der Waals surface area contributed by atoms with Crippen LogP contribution in [0.3, 0.4) is 0 Å². The number of amides is 4. The summed E-state index contributed by atoms with van der Waals surface area (Å²) in [5.41, 5.74) is -5.59. The molecule has 7 rings (SSSR count). The van der Waals surface area contributed by atoms with E-state index in [0.29, 0.717) is 32.2 Å². The Labute approximate surface area is 277 Å². The van der Waals surface area contributed by atoms with Crippen LogP contribution < -0.4 is 0 Å².